The maximum Gasteiger partial charge on any atom is 0.271 e. The fourth-order valence-electron chi connectivity index (χ4n) is 4.83. The minimum absolute atomic E-state index is 0.133. The van der Waals surface area contributed by atoms with E-state index in [0.29, 0.717) is 21.7 Å². The Morgan fingerprint density at radius 3 is 2.32 bits per heavy atom. The van der Waals surface area contributed by atoms with Gasteiger partial charge >= 0.3 is 0 Å². The molecule has 5 rings (SSSR count). The van der Waals surface area contributed by atoms with Gasteiger partial charge in [0.05, 0.1) is 11.2 Å². The molecule has 2 aromatic heterocycles. The Morgan fingerprint density at radius 2 is 1.61 bits per heavy atom. The average molecular weight is 434 g/mol. The summed E-state index contributed by atoms with van der Waals surface area (Å²) in [5.41, 5.74) is 1.36. The summed E-state index contributed by atoms with van der Waals surface area (Å²) in [7, 11) is 1.88. The van der Waals surface area contributed by atoms with Crippen molar-refractivity contribution in [3.8, 4) is 5.69 Å². The summed E-state index contributed by atoms with van der Waals surface area (Å²) >= 11 is 6.10. The van der Waals surface area contributed by atoms with Crippen molar-refractivity contribution in [3.05, 3.63) is 80.0 Å². The Labute approximate surface area is 184 Å². The number of fused-ring (bicyclic) bond motifs is 2. The third-order valence-electron chi connectivity index (χ3n) is 6.45. The molecule has 0 amide bonds. The standard InChI is InChI=1S/C25H24ClN3O2/c1-28-20-11-7-6-10-19(20)22(30)21-24(28)27-23(16-8-4-2-3-5-9-16)29(25(21)31)18-14-12-17(26)13-15-18/h6-7,10-16H,2-5,8-9H2,1H3. The van der Waals surface area contributed by atoms with Gasteiger partial charge in [-0.05, 0) is 49.2 Å². The van der Waals surface area contributed by atoms with Crippen LogP contribution in [0.3, 0.4) is 0 Å². The minimum Gasteiger partial charge on any atom is -0.328 e. The van der Waals surface area contributed by atoms with E-state index in [9.17, 15) is 9.59 Å². The largest absolute Gasteiger partial charge is 0.328 e. The quantitative estimate of drug-likeness (QED) is 0.317. The number of pyridine rings is 1. The van der Waals surface area contributed by atoms with Crippen LogP contribution < -0.4 is 11.0 Å². The van der Waals surface area contributed by atoms with Crippen molar-refractivity contribution in [1.82, 2.24) is 14.1 Å². The number of benzene rings is 2. The van der Waals surface area contributed by atoms with Crippen LogP contribution in [0.5, 0.6) is 0 Å². The van der Waals surface area contributed by atoms with E-state index in [1.54, 1.807) is 22.8 Å². The van der Waals surface area contributed by atoms with Crippen molar-refractivity contribution in [1.29, 1.82) is 0 Å². The second kappa shape index (κ2) is 7.97. The van der Waals surface area contributed by atoms with Gasteiger partial charge in [0.1, 0.15) is 11.2 Å². The molecule has 2 heterocycles. The van der Waals surface area contributed by atoms with Gasteiger partial charge in [-0.25, -0.2) is 4.98 Å². The SMILES string of the molecule is Cn1c2ccccc2c(=O)c2c(=O)n(-c3ccc(Cl)cc3)c(C3CCCCCC3)nc21. The molecule has 5 nitrogen and oxygen atoms in total. The van der Waals surface area contributed by atoms with Crippen LogP contribution in [0.1, 0.15) is 50.3 Å². The molecule has 1 fully saturated rings. The fourth-order valence-corrected chi connectivity index (χ4v) is 4.95. The normalized spacial score (nSPS) is 15.4. The zero-order valence-corrected chi connectivity index (χ0v) is 18.2. The van der Waals surface area contributed by atoms with Gasteiger partial charge in [0.25, 0.3) is 5.56 Å². The number of hydrogen-bond donors (Lipinski definition) is 0. The molecule has 1 aliphatic carbocycles. The predicted octanol–water partition coefficient (Wildman–Crippen LogP) is 5.33. The first-order chi connectivity index (χ1) is 15.1. The first-order valence-electron chi connectivity index (χ1n) is 10.9. The Balaban J connectivity index is 1.91. The highest BCUT2D eigenvalue weighted by atomic mass is 35.5. The molecule has 0 unspecified atom stereocenters. The number of nitrogens with zero attached hydrogens (tertiary/aromatic N) is 3. The lowest BCUT2D eigenvalue weighted by molar-refractivity contribution is 0.544. The molecule has 0 N–H and O–H groups in total. The zero-order valence-electron chi connectivity index (χ0n) is 17.5. The topological polar surface area (TPSA) is 56.9 Å². The van der Waals surface area contributed by atoms with Gasteiger partial charge in [-0.1, -0.05) is 49.4 Å². The third kappa shape index (κ3) is 3.37. The molecule has 0 radical (unpaired) electrons. The number of hydrogen-bond acceptors (Lipinski definition) is 3. The summed E-state index contributed by atoms with van der Waals surface area (Å²) in [5.74, 6) is 0.920. The molecular formula is C25H24ClN3O2. The van der Waals surface area contributed by atoms with Crippen LogP contribution in [0.15, 0.2) is 58.1 Å². The lowest BCUT2D eigenvalue weighted by atomic mass is 9.98. The van der Waals surface area contributed by atoms with Crippen molar-refractivity contribution >= 4 is 33.5 Å². The summed E-state index contributed by atoms with van der Waals surface area (Å²) in [6, 6.07) is 14.6. The van der Waals surface area contributed by atoms with Crippen molar-refractivity contribution in [2.75, 3.05) is 0 Å². The van der Waals surface area contributed by atoms with Gasteiger partial charge in [0, 0.05) is 23.4 Å². The van der Waals surface area contributed by atoms with Gasteiger partial charge in [-0.15, -0.1) is 0 Å². The maximum atomic E-state index is 13.9. The van der Waals surface area contributed by atoms with Crippen LogP contribution in [-0.4, -0.2) is 14.1 Å². The number of halogens is 1. The minimum atomic E-state index is -0.307. The molecule has 158 valence electrons. The molecule has 1 saturated carbocycles. The first kappa shape index (κ1) is 20.0. The predicted molar refractivity (Wildman–Crippen MR) is 126 cm³/mol. The van der Waals surface area contributed by atoms with Crippen molar-refractivity contribution in [2.24, 2.45) is 7.05 Å². The molecule has 0 aliphatic heterocycles. The Hall–Kier alpha value is -2.92. The van der Waals surface area contributed by atoms with Crippen molar-refractivity contribution < 1.29 is 0 Å². The molecule has 0 spiro atoms. The van der Waals surface area contributed by atoms with Gasteiger partial charge in [-0.2, -0.15) is 0 Å². The van der Waals surface area contributed by atoms with Gasteiger partial charge in [-0.3, -0.25) is 14.2 Å². The molecule has 2 aromatic carbocycles. The summed E-state index contributed by atoms with van der Waals surface area (Å²) in [4.78, 5) is 32.2. The number of aryl methyl sites for hydroxylation is 1. The monoisotopic (exact) mass is 433 g/mol. The molecular weight excluding hydrogens is 410 g/mol. The average Bonchev–Trinajstić information content (AvgIpc) is 3.07. The van der Waals surface area contributed by atoms with E-state index >= 15 is 0 Å². The Bertz CT molecular complexity index is 1400. The summed E-state index contributed by atoms with van der Waals surface area (Å²) in [6.45, 7) is 0. The van der Waals surface area contributed by atoms with Crippen LogP contribution in [0.25, 0.3) is 27.6 Å². The first-order valence-corrected chi connectivity index (χ1v) is 11.2. The lowest BCUT2D eigenvalue weighted by Gasteiger charge is -2.21. The van der Waals surface area contributed by atoms with E-state index in [0.717, 1.165) is 37.0 Å². The van der Waals surface area contributed by atoms with E-state index in [1.165, 1.54) is 12.8 Å². The molecule has 0 bridgehead atoms. The number of aromatic nitrogens is 3. The summed E-state index contributed by atoms with van der Waals surface area (Å²) in [5, 5.41) is 1.26. The fraction of sp³-hybridized carbons (Fsp3) is 0.320. The van der Waals surface area contributed by atoms with Crippen LogP contribution >= 0.6 is 11.6 Å². The number of para-hydroxylation sites is 1. The van der Waals surface area contributed by atoms with E-state index in [2.05, 4.69) is 0 Å². The number of rotatable bonds is 2. The molecule has 6 heteroatoms. The second-order valence-corrected chi connectivity index (χ2v) is 8.82. The van der Waals surface area contributed by atoms with Gasteiger partial charge in [0.15, 0.2) is 5.65 Å². The van der Waals surface area contributed by atoms with E-state index in [-0.39, 0.29) is 22.3 Å². The van der Waals surface area contributed by atoms with Gasteiger partial charge < -0.3 is 4.57 Å². The Morgan fingerprint density at radius 1 is 0.935 bits per heavy atom. The Kier molecular flexibility index (Phi) is 5.14. The highest BCUT2D eigenvalue weighted by molar-refractivity contribution is 6.30. The molecule has 1 aliphatic rings. The lowest BCUT2D eigenvalue weighted by Crippen LogP contribution is -2.30. The van der Waals surface area contributed by atoms with E-state index in [4.69, 9.17) is 16.6 Å². The molecule has 0 atom stereocenters. The van der Waals surface area contributed by atoms with Crippen LogP contribution in [0.4, 0.5) is 0 Å². The van der Waals surface area contributed by atoms with Crippen molar-refractivity contribution in [3.63, 3.8) is 0 Å². The summed E-state index contributed by atoms with van der Waals surface area (Å²) < 4.78 is 3.52. The second-order valence-electron chi connectivity index (χ2n) is 8.38. The van der Waals surface area contributed by atoms with Crippen LogP contribution in [0, 0.1) is 0 Å². The highest BCUT2D eigenvalue weighted by Gasteiger charge is 2.25. The smallest absolute Gasteiger partial charge is 0.271 e. The van der Waals surface area contributed by atoms with E-state index in [1.807, 2.05) is 41.9 Å². The highest BCUT2D eigenvalue weighted by Crippen LogP contribution is 2.32. The molecule has 31 heavy (non-hydrogen) atoms. The molecule has 4 aromatic rings. The molecule has 0 saturated heterocycles. The zero-order chi connectivity index (χ0) is 21.5. The van der Waals surface area contributed by atoms with Gasteiger partial charge in [0.2, 0.25) is 5.43 Å². The van der Waals surface area contributed by atoms with Crippen LogP contribution in [-0.2, 0) is 7.05 Å². The third-order valence-corrected chi connectivity index (χ3v) is 6.70. The summed E-state index contributed by atoms with van der Waals surface area (Å²) in [6.07, 6.45) is 6.64. The van der Waals surface area contributed by atoms with Crippen LogP contribution in [0.2, 0.25) is 5.02 Å². The van der Waals surface area contributed by atoms with E-state index < -0.39 is 0 Å². The maximum absolute atomic E-state index is 13.9. The van der Waals surface area contributed by atoms with Crippen molar-refractivity contribution in [2.45, 2.75) is 44.4 Å².